The molecule has 0 saturated carbocycles. The van der Waals surface area contributed by atoms with Gasteiger partial charge in [-0.15, -0.1) is 0 Å². The Balaban J connectivity index is 2.03. The normalized spacial score (nSPS) is 11.0. The molecule has 2 aromatic heterocycles. The number of aromatic nitrogens is 2. The molecule has 0 atom stereocenters. The zero-order valence-corrected chi connectivity index (χ0v) is 14.7. The number of anilines is 1. The molecule has 4 nitrogen and oxygen atoms in total. The quantitative estimate of drug-likeness (QED) is 0.771. The summed E-state index contributed by atoms with van der Waals surface area (Å²) >= 11 is 0. The van der Waals surface area contributed by atoms with Crippen molar-refractivity contribution in [3.63, 3.8) is 0 Å². The van der Waals surface area contributed by atoms with Gasteiger partial charge < -0.3 is 5.32 Å². The Hall–Kier alpha value is -2.62. The van der Waals surface area contributed by atoms with E-state index in [-0.39, 0.29) is 5.91 Å². The molecule has 0 fully saturated rings. The zero-order chi connectivity index (χ0) is 17.3. The van der Waals surface area contributed by atoms with Gasteiger partial charge in [0.1, 0.15) is 11.3 Å². The van der Waals surface area contributed by atoms with Crippen LogP contribution < -0.4 is 5.32 Å². The van der Waals surface area contributed by atoms with Crippen LogP contribution in [0.15, 0.2) is 36.5 Å². The number of amides is 1. The molecule has 0 unspecified atom stereocenters. The van der Waals surface area contributed by atoms with Crippen LogP contribution >= 0.6 is 0 Å². The first-order valence-corrected chi connectivity index (χ1v) is 8.35. The highest BCUT2D eigenvalue weighted by molar-refractivity contribution is 6.04. The zero-order valence-electron chi connectivity index (χ0n) is 14.7. The van der Waals surface area contributed by atoms with E-state index in [0.29, 0.717) is 5.69 Å². The predicted octanol–water partition coefficient (Wildman–Crippen LogP) is 4.46. The van der Waals surface area contributed by atoms with Crippen LogP contribution in [0.3, 0.4) is 0 Å². The molecule has 3 aromatic rings. The Bertz CT molecular complexity index is 888. The molecule has 3 rings (SSSR count). The van der Waals surface area contributed by atoms with Crippen molar-refractivity contribution in [3.05, 3.63) is 64.6 Å². The predicted molar refractivity (Wildman–Crippen MR) is 97.8 cm³/mol. The average molecular weight is 321 g/mol. The van der Waals surface area contributed by atoms with E-state index in [2.05, 4.69) is 23.3 Å². The first-order chi connectivity index (χ1) is 11.5. The molecule has 0 saturated heterocycles. The highest BCUT2D eigenvalue weighted by atomic mass is 16.2. The maximum Gasteiger partial charge on any atom is 0.274 e. The van der Waals surface area contributed by atoms with Crippen molar-refractivity contribution in [2.75, 3.05) is 5.32 Å². The van der Waals surface area contributed by atoms with E-state index in [1.165, 1.54) is 0 Å². The van der Waals surface area contributed by atoms with Crippen LogP contribution in [-0.2, 0) is 6.42 Å². The summed E-state index contributed by atoms with van der Waals surface area (Å²) < 4.78 is 1.88. The minimum absolute atomic E-state index is 0.111. The molecule has 2 heterocycles. The minimum Gasteiger partial charge on any atom is -0.321 e. The Kier molecular flexibility index (Phi) is 4.38. The highest BCUT2D eigenvalue weighted by Gasteiger charge is 2.19. The summed E-state index contributed by atoms with van der Waals surface area (Å²) in [4.78, 5) is 17.6. The third-order valence-corrected chi connectivity index (χ3v) is 4.04. The van der Waals surface area contributed by atoms with E-state index in [0.717, 1.165) is 46.6 Å². The van der Waals surface area contributed by atoms with Crippen molar-refractivity contribution in [1.82, 2.24) is 9.38 Å². The van der Waals surface area contributed by atoms with Crippen LogP contribution in [0.5, 0.6) is 0 Å². The number of rotatable bonds is 4. The second kappa shape index (κ2) is 6.48. The van der Waals surface area contributed by atoms with Gasteiger partial charge in [-0.2, -0.15) is 0 Å². The van der Waals surface area contributed by atoms with Gasteiger partial charge in [0.05, 0.1) is 5.69 Å². The fourth-order valence-electron chi connectivity index (χ4n) is 3.08. The third-order valence-electron chi connectivity index (χ3n) is 4.04. The number of aryl methyl sites for hydroxylation is 4. The van der Waals surface area contributed by atoms with Gasteiger partial charge >= 0.3 is 0 Å². The third kappa shape index (κ3) is 3.18. The van der Waals surface area contributed by atoms with Crippen molar-refractivity contribution in [2.45, 2.75) is 40.5 Å². The van der Waals surface area contributed by atoms with Crippen molar-refractivity contribution in [2.24, 2.45) is 0 Å². The summed E-state index contributed by atoms with van der Waals surface area (Å²) in [5.41, 5.74) is 6.53. The van der Waals surface area contributed by atoms with Crippen molar-refractivity contribution in [1.29, 1.82) is 0 Å². The summed E-state index contributed by atoms with van der Waals surface area (Å²) in [6.45, 7) is 8.19. The summed E-state index contributed by atoms with van der Waals surface area (Å²) in [7, 11) is 0. The minimum atomic E-state index is -0.111. The standard InChI is InChI=1S/C20H23N3O/c1-5-6-17-19(23-8-7-13(2)12-18(23)22-17)20(24)21-16-10-14(3)9-15(4)11-16/h7-12H,5-6H2,1-4H3,(H,21,24). The van der Waals surface area contributed by atoms with Gasteiger partial charge in [-0.25, -0.2) is 4.98 Å². The SMILES string of the molecule is CCCc1nc2cc(C)ccn2c1C(=O)Nc1cc(C)cc(C)c1. The van der Waals surface area contributed by atoms with Crippen LogP contribution in [0, 0.1) is 20.8 Å². The summed E-state index contributed by atoms with van der Waals surface area (Å²) in [6.07, 6.45) is 3.66. The Morgan fingerprint density at radius 1 is 1.08 bits per heavy atom. The van der Waals surface area contributed by atoms with Crippen molar-refractivity contribution < 1.29 is 4.79 Å². The molecule has 0 aliphatic carbocycles. The van der Waals surface area contributed by atoms with Gasteiger partial charge in [-0.05, 0) is 68.1 Å². The fourth-order valence-corrected chi connectivity index (χ4v) is 3.08. The topological polar surface area (TPSA) is 46.4 Å². The number of hydrogen-bond donors (Lipinski definition) is 1. The van der Waals surface area contributed by atoms with Gasteiger partial charge in [0, 0.05) is 11.9 Å². The van der Waals surface area contributed by atoms with Gasteiger partial charge in [0.2, 0.25) is 0 Å². The summed E-state index contributed by atoms with van der Waals surface area (Å²) in [6, 6.07) is 10.1. The number of nitrogens with zero attached hydrogens (tertiary/aromatic N) is 2. The Labute approximate surface area is 142 Å². The summed E-state index contributed by atoms with van der Waals surface area (Å²) in [5, 5.41) is 3.03. The molecule has 1 aromatic carbocycles. The Morgan fingerprint density at radius 3 is 2.46 bits per heavy atom. The highest BCUT2D eigenvalue weighted by Crippen LogP contribution is 2.19. The molecule has 0 aliphatic heterocycles. The molecule has 0 aliphatic rings. The lowest BCUT2D eigenvalue weighted by Gasteiger charge is -2.09. The lowest BCUT2D eigenvalue weighted by atomic mass is 10.1. The average Bonchev–Trinajstić information content (AvgIpc) is 2.83. The number of carbonyl (C=O) groups excluding carboxylic acids is 1. The van der Waals surface area contributed by atoms with Crippen molar-refractivity contribution >= 4 is 17.2 Å². The molecule has 4 heteroatoms. The molecule has 1 N–H and O–H groups in total. The molecule has 124 valence electrons. The maximum absolute atomic E-state index is 12.9. The van der Waals surface area contributed by atoms with Gasteiger partial charge in [-0.1, -0.05) is 19.4 Å². The molecule has 0 radical (unpaired) electrons. The van der Waals surface area contributed by atoms with Crippen LogP contribution in [0.4, 0.5) is 5.69 Å². The first-order valence-electron chi connectivity index (χ1n) is 8.35. The van der Waals surface area contributed by atoms with Crippen molar-refractivity contribution in [3.8, 4) is 0 Å². The largest absolute Gasteiger partial charge is 0.321 e. The number of nitrogens with one attached hydrogen (secondary N) is 1. The first kappa shape index (κ1) is 16.2. The number of hydrogen-bond acceptors (Lipinski definition) is 2. The van der Waals surface area contributed by atoms with E-state index >= 15 is 0 Å². The molecule has 0 spiro atoms. The molecular formula is C20H23N3O. The van der Waals surface area contributed by atoms with E-state index in [1.807, 2.05) is 55.6 Å². The molecule has 0 bridgehead atoms. The van der Waals surface area contributed by atoms with Gasteiger partial charge in [0.25, 0.3) is 5.91 Å². The van der Waals surface area contributed by atoms with E-state index in [9.17, 15) is 4.79 Å². The van der Waals surface area contributed by atoms with Gasteiger partial charge in [-0.3, -0.25) is 9.20 Å². The Morgan fingerprint density at radius 2 is 1.79 bits per heavy atom. The monoisotopic (exact) mass is 321 g/mol. The molecular weight excluding hydrogens is 298 g/mol. The second-order valence-electron chi connectivity index (χ2n) is 6.42. The van der Waals surface area contributed by atoms with Crippen LogP contribution in [0.2, 0.25) is 0 Å². The van der Waals surface area contributed by atoms with E-state index in [4.69, 9.17) is 0 Å². The fraction of sp³-hybridized carbons (Fsp3) is 0.300. The smallest absolute Gasteiger partial charge is 0.274 e. The lowest BCUT2D eigenvalue weighted by Crippen LogP contribution is -2.16. The maximum atomic E-state index is 12.9. The van der Waals surface area contributed by atoms with Crippen LogP contribution in [-0.4, -0.2) is 15.3 Å². The number of carbonyl (C=O) groups is 1. The second-order valence-corrected chi connectivity index (χ2v) is 6.42. The number of benzene rings is 1. The number of imidazole rings is 1. The number of pyridine rings is 1. The van der Waals surface area contributed by atoms with Crippen LogP contribution in [0.25, 0.3) is 5.65 Å². The molecule has 1 amide bonds. The number of fused-ring (bicyclic) bond motifs is 1. The van der Waals surface area contributed by atoms with Gasteiger partial charge in [0.15, 0.2) is 0 Å². The van der Waals surface area contributed by atoms with E-state index in [1.54, 1.807) is 0 Å². The lowest BCUT2D eigenvalue weighted by molar-refractivity contribution is 0.102. The van der Waals surface area contributed by atoms with Crippen LogP contribution in [0.1, 0.15) is 46.2 Å². The molecule has 24 heavy (non-hydrogen) atoms. The summed E-state index contributed by atoms with van der Waals surface area (Å²) in [5.74, 6) is -0.111. The van der Waals surface area contributed by atoms with E-state index < -0.39 is 0 Å².